The van der Waals surface area contributed by atoms with Crippen molar-refractivity contribution < 1.29 is 22.9 Å². The second-order valence-electron chi connectivity index (χ2n) is 6.10. The van der Waals surface area contributed by atoms with Crippen LogP contribution in [0.3, 0.4) is 0 Å². The van der Waals surface area contributed by atoms with E-state index in [9.17, 15) is 9.18 Å². The number of carbonyl (C=O) groups is 1. The predicted octanol–water partition coefficient (Wildman–Crippen LogP) is 2.61. The highest BCUT2D eigenvalue weighted by Crippen LogP contribution is 2.27. The number of halogens is 1. The van der Waals surface area contributed by atoms with Gasteiger partial charge >= 0.3 is 0 Å². The van der Waals surface area contributed by atoms with Gasteiger partial charge in [-0.25, -0.2) is 4.39 Å². The first-order chi connectivity index (χ1) is 12.0. The number of nitrogens with zero attached hydrogens (tertiary/aromatic N) is 3. The van der Waals surface area contributed by atoms with Gasteiger partial charge in [0, 0.05) is 18.5 Å². The van der Waals surface area contributed by atoms with Gasteiger partial charge in [-0.2, -0.15) is 4.98 Å². The number of hydrogen-bond acceptors (Lipinski definition) is 6. The Hall–Kier alpha value is -2.74. The second-order valence-corrected chi connectivity index (χ2v) is 6.10. The normalized spacial score (nSPS) is 14.9. The fraction of sp³-hybridized carbons (Fsp3) is 0.353. The van der Waals surface area contributed by atoms with E-state index in [4.69, 9.17) is 13.7 Å². The van der Waals surface area contributed by atoms with Gasteiger partial charge in [0.2, 0.25) is 0 Å². The number of fused-ring (bicyclic) bond motifs is 1. The summed E-state index contributed by atoms with van der Waals surface area (Å²) in [5.74, 6) is 0.346. The summed E-state index contributed by atoms with van der Waals surface area (Å²) in [6.07, 6.45) is -0.0981. The van der Waals surface area contributed by atoms with Crippen molar-refractivity contribution in [1.29, 1.82) is 0 Å². The lowest BCUT2D eigenvalue weighted by molar-refractivity contribution is -0.0576. The minimum absolute atomic E-state index is 0.0981. The van der Waals surface area contributed by atoms with Gasteiger partial charge in [-0.1, -0.05) is 11.2 Å². The van der Waals surface area contributed by atoms with Crippen LogP contribution in [0.2, 0.25) is 0 Å². The zero-order valence-electron chi connectivity index (χ0n) is 13.8. The van der Waals surface area contributed by atoms with Crippen molar-refractivity contribution in [2.45, 2.75) is 26.6 Å². The minimum Gasteiger partial charge on any atom is -0.448 e. The molecule has 2 aromatic heterocycles. The van der Waals surface area contributed by atoms with Gasteiger partial charge in [0.1, 0.15) is 6.61 Å². The molecule has 8 heteroatoms. The minimum atomic E-state index is -0.473. The number of amides is 1. The van der Waals surface area contributed by atoms with E-state index in [0.29, 0.717) is 30.2 Å². The lowest BCUT2D eigenvalue weighted by Gasteiger charge is -2.37. The lowest BCUT2D eigenvalue weighted by Crippen LogP contribution is -2.54. The van der Waals surface area contributed by atoms with Crippen LogP contribution in [0.15, 0.2) is 27.1 Å². The molecule has 0 atom stereocenters. The van der Waals surface area contributed by atoms with Crippen molar-refractivity contribution in [3.05, 3.63) is 47.1 Å². The molecular weight excluding hydrogens is 329 g/mol. The topological polar surface area (TPSA) is 81.6 Å². The summed E-state index contributed by atoms with van der Waals surface area (Å²) in [6.45, 7) is 4.66. The summed E-state index contributed by atoms with van der Waals surface area (Å²) in [7, 11) is 0. The molecule has 0 radical (unpaired) electrons. The molecule has 1 aliphatic heterocycles. The molecule has 1 saturated heterocycles. The lowest BCUT2D eigenvalue weighted by atomic mass is 10.1. The molecule has 0 saturated carbocycles. The van der Waals surface area contributed by atoms with Crippen LogP contribution >= 0.6 is 0 Å². The molecule has 7 nitrogen and oxygen atoms in total. The van der Waals surface area contributed by atoms with Crippen molar-refractivity contribution in [2.24, 2.45) is 0 Å². The van der Waals surface area contributed by atoms with Crippen molar-refractivity contribution in [2.75, 3.05) is 13.1 Å². The summed E-state index contributed by atoms with van der Waals surface area (Å²) >= 11 is 0. The summed E-state index contributed by atoms with van der Waals surface area (Å²) in [5.41, 5.74) is 0.974. The van der Waals surface area contributed by atoms with E-state index in [-0.39, 0.29) is 30.0 Å². The Balaban J connectivity index is 1.38. The van der Waals surface area contributed by atoms with Crippen LogP contribution in [0, 0.1) is 19.7 Å². The molecule has 0 bridgehead atoms. The molecule has 0 N–H and O–H groups in total. The maximum atomic E-state index is 13.8. The summed E-state index contributed by atoms with van der Waals surface area (Å²) in [4.78, 5) is 18.1. The molecule has 3 heterocycles. The van der Waals surface area contributed by atoms with Crippen LogP contribution in [0.4, 0.5) is 4.39 Å². The van der Waals surface area contributed by atoms with Gasteiger partial charge in [-0.05, 0) is 31.5 Å². The first-order valence-corrected chi connectivity index (χ1v) is 7.90. The summed E-state index contributed by atoms with van der Waals surface area (Å²) in [5, 5.41) is 4.30. The smallest absolute Gasteiger partial charge is 0.289 e. The molecule has 1 amide bonds. The molecule has 1 aliphatic rings. The highest BCUT2D eigenvalue weighted by molar-refractivity contribution is 5.97. The third-order valence-electron chi connectivity index (χ3n) is 4.21. The average molecular weight is 345 g/mol. The van der Waals surface area contributed by atoms with Gasteiger partial charge in [0.15, 0.2) is 23.0 Å². The molecule has 25 heavy (non-hydrogen) atoms. The molecule has 4 rings (SSSR count). The number of ether oxygens (including phenoxy) is 1. The van der Waals surface area contributed by atoms with Gasteiger partial charge in [0.25, 0.3) is 11.8 Å². The molecule has 0 aliphatic carbocycles. The number of hydrogen-bond donors (Lipinski definition) is 0. The van der Waals surface area contributed by atoms with Crippen LogP contribution in [0.25, 0.3) is 11.0 Å². The number of furan rings is 1. The molecular formula is C17H16FN3O4. The number of rotatable bonds is 4. The third-order valence-corrected chi connectivity index (χ3v) is 4.21. The first-order valence-electron chi connectivity index (χ1n) is 7.90. The monoisotopic (exact) mass is 345 g/mol. The van der Waals surface area contributed by atoms with Crippen LogP contribution in [-0.4, -0.2) is 40.1 Å². The van der Waals surface area contributed by atoms with Crippen molar-refractivity contribution in [3.8, 4) is 0 Å². The highest BCUT2D eigenvalue weighted by atomic mass is 19.1. The molecule has 1 fully saturated rings. The Labute approximate surface area is 142 Å². The number of aryl methyl sites for hydroxylation is 2. The number of benzene rings is 1. The standard InChI is InChI=1S/C17H16FN3O4/c1-9-3-4-13(18)16-12(9)5-14(24-16)17(22)21-6-11(7-21)23-8-15-19-10(2)20-25-15/h3-5,11H,6-8H2,1-2H3. The van der Waals surface area contributed by atoms with Gasteiger partial charge in [-0.15, -0.1) is 0 Å². The molecule has 0 unspecified atom stereocenters. The van der Waals surface area contributed by atoms with E-state index in [2.05, 4.69) is 10.1 Å². The Kier molecular flexibility index (Phi) is 3.76. The zero-order valence-corrected chi connectivity index (χ0v) is 13.8. The molecule has 3 aromatic rings. The largest absolute Gasteiger partial charge is 0.448 e. The predicted molar refractivity (Wildman–Crippen MR) is 84.4 cm³/mol. The summed E-state index contributed by atoms with van der Waals surface area (Å²) in [6, 6.07) is 4.59. The van der Waals surface area contributed by atoms with Gasteiger partial charge in [-0.3, -0.25) is 4.79 Å². The van der Waals surface area contributed by atoms with E-state index >= 15 is 0 Å². The maximum Gasteiger partial charge on any atom is 0.289 e. The third kappa shape index (κ3) is 2.89. The Bertz CT molecular complexity index is 904. The van der Waals surface area contributed by atoms with E-state index in [1.165, 1.54) is 6.07 Å². The Morgan fingerprint density at radius 3 is 2.88 bits per heavy atom. The quantitative estimate of drug-likeness (QED) is 0.723. The van der Waals surface area contributed by atoms with Gasteiger partial charge < -0.3 is 18.6 Å². The van der Waals surface area contributed by atoms with Gasteiger partial charge in [0.05, 0.1) is 6.10 Å². The van der Waals surface area contributed by atoms with E-state index in [1.54, 1.807) is 24.0 Å². The SMILES string of the molecule is Cc1noc(COC2CN(C(=O)c3cc4c(C)ccc(F)c4o3)C2)n1. The molecule has 0 spiro atoms. The number of aromatic nitrogens is 2. The Morgan fingerprint density at radius 2 is 2.20 bits per heavy atom. The van der Waals surface area contributed by atoms with Crippen molar-refractivity contribution >= 4 is 16.9 Å². The van der Waals surface area contributed by atoms with Crippen LogP contribution in [0.5, 0.6) is 0 Å². The molecule has 130 valence electrons. The highest BCUT2D eigenvalue weighted by Gasteiger charge is 2.34. The van der Waals surface area contributed by atoms with E-state index < -0.39 is 5.82 Å². The van der Waals surface area contributed by atoms with Crippen LogP contribution in [0.1, 0.15) is 27.8 Å². The number of carbonyl (C=O) groups excluding carboxylic acids is 1. The zero-order chi connectivity index (χ0) is 17.6. The van der Waals surface area contributed by atoms with Crippen molar-refractivity contribution in [1.82, 2.24) is 15.0 Å². The average Bonchev–Trinajstić information content (AvgIpc) is 3.16. The summed E-state index contributed by atoms with van der Waals surface area (Å²) < 4.78 is 29.8. The number of likely N-dealkylation sites (tertiary alicyclic amines) is 1. The van der Waals surface area contributed by atoms with Crippen LogP contribution in [-0.2, 0) is 11.3 Å². The maximum absolute atomic E-state index is 13.8. The van der Waals surface area contributed by atoms with Crippen molar-refractivity contribution in [3.63, 3.8) is 0 Å². The Morgan fingerprint density at radius 1 is 1.40 bits per heavy atom. The fourth-order valence-corrected chi connectivity index (χ4v) is 2.78. The molecule has 1 aromatic carbocycles. The fourth-order valence-electron chi connectivity index (χ4n) is 2.78. The first kappa shape index (κ1) is 15.8. The second kappa shape index (κ2) is 5.96. The van der Waals surface area contributed by atoms with E-state index in [1.807, 2.05) is 6.92 Å². The van der Waals surface area contributed by atoms with Crippen LogP contribution < -0.4 is 0 Å². The van der Waals surface area contributed by atoms with E-state index in [0.717, 1.165) is 5.56 Å².